The Kier molecular flexibility index (Phi) is 6.97. The second-order valence-corrected chi connectivity index (χ2v) is 11.1. The van der Waals surface area contributed by atoms with Crippen molar-refractivity contribution in [2.45, 2.75) is 56.9 Å². The lowest BCUT2D eigenvalue weighted by atomic mass is 9.97. The van der Waals surface area contributed by atoms with E-state index in [2.05, 4.69) is 21.8 Å². The van der Waals surface area contributed by atoms with E-state index < -0.39 is 15.7 Å². The molecule has 2 saturated heterocycles. The maximum absolute atomic E-state index is 14.6. The van der Waals surface area contributed by atoms with Gasteiger partial charge in [0.25, 0.3) is 0 Å². The standard InChI is InChI=1S/C24H31FN4O3S/c1-3-17-15-26-24(27-16-17)28-10-8-20(9-11-28)29-12-7-19(23(29)30)13-18-5-6-21(14-22(18)25)33(31,32)4-2/h5-6,14-16,19-20H,3-4,7-13H2,1-2H3/t19-/m1/s1. The van der Waals surface area contributed by atoms with Crippen molar-refractivity contribution in [2.75, 3.05) is 30.3 Å². The van der Waals surface area contributed by atoms with Gasteiger partial charge in [0.1, 0.15) is 5.82 Å². The third-order valence-electron chi connectivity index (χ3n) is 6.87. The van der Waals surface area contributed by atoms with Crippen LogP contribution in [-0.2, 0) is 27.5 Å². The number of carbonyl (C=O) groups excluding carboxylic acids is 1. The molecule has 0 aliphatic carbocycles. The summed E-state index contributed by atoms with van der Waals surface area (Å²) in [6.45, 7) is 5.88. The molecule has 2 aliphatic heterocycles. The van der Waals surface area contributed by atoms with E-state index in [4.69, 9.17) is 0 Å². The zero-order valence-corrected chi connectivity index (χ0v) is 20.0. The Bertz CT molecular complexity index is 1100. The van der Waals surface area contributed by atoms with E-state index in [9.17, 15) is 17.6 Å². The highest BCUT2D eigenvalue weighted by atomic mass is 32.2. The van der Waals surface area contributed by atoms with Gasteiger partial charge in [-0.2, -0.15) is 0 Å². The third kappa shape index (κ3) is 5.03. The molecule has 4 rings (SSSR count). The van der Waals surface area contributed by atoms with E-state index in [1.54, 1.807) is 0 Å². The number of sulfone groups is 1. The molecular weight excluding hydrogens is 443 g/mol. The molecule has 0 unspecified atom stereocenters. The van der Waals surface area contributed by atoms with Gasteiger partial charge in [0.15, 0.2) is 9.84 Å². The van der Waals surface area contributed by atoms with Gasteiger partial charge >= 0.3 is 0 Å². The number of halogens is 1. The molecule has 0 spiro atoms. The van der Waals surface area contributed by atoms with E-state index in [0.29, 0.717) is 24.9 Å². The topological polar surface area (TPSA) is 83.5 Å². The van der Waals surface area contributed by atoms with Crippen LogP contribution in [0.3, 0.4) is 0 Å². The highest BCUT2D eigenvalue weighted by Gasteiger charge is 2.37. The molecule has 2 aromatic rings. The first-order valence-electron chi connectivity index (χ1n) is 11.7. The molecule has 7 nitrogen and oxygen atoms in total. The first-order chi connectivity index (χ1) is 15.8. The Morgan fingerprint density at radius 1 is 1.06 bits per heavy atom. The zero-order valence-electron chi connectivity index (χ0n) is 19.2. The molecule has 178 valence electrons. The number of aromatic nitrogens is 2. The summed E-state index contributed by atoms with van der Waals surface area (Å²) >= 11 is 0. The second-order valence-electron chi connectivity index (χ2n) is 8.84. The number of carbonyl (C=O) groups is 1. The minimum atomic E-state index is -3.46. The fourth-order valence-corrected chi connectivity index (χ4v) is 5.60. The Labute approximate surface area is 194 Å². The van der Waals surface area contributed by atoms with Crippen LogP contribution in [-0.4, -0.2) is 60.6 Å². The van der Waals surface area contributed by atoms with E-state index in [-0.39, 0.29) is 28.5 Å². The van der Waals surface area contributed by atoms with Crippen LogP contribution in [0.1, 0.15) is 44.2 Å². The number of hydrogen-bond acceptors (Lipinski definition) is 6. The zero-order chi connectivity index (χ0) is 23.6. The summed E-state index contributed by atoms with van der Waals surface area (Å²) < 4.78 is 38.6. The maximum atomic E-state index is 14.6. The van der Waals surface area contributed by atoms with Crippen molar-refractivity contribution in [1.29, 1.82) is 0 Å². The van der Waals surface area contributed by atoms with E-state index in [0.717, 1.165) is 49.9 Å². The van der Waals surface area contributed by atoms with Gasteiger partial charge in [0, 0.05) is 44.0 Å². The first-order valence-corrected chi connectivity index (χ1v) is 13.3. The molecule has 0 saturated carbocycles. The smallest absolute Gasteiger partial charge is 0.226 e. The molecule has 9 heteroatoms. The largest absolute Gasteiger partial charge is 0.341 e. The van der Waals surface area contributed by atoms with Crippen LogP contribution in [0.5, 0.6) is 0 Å². The molecule has 0 radical (unpaired) electrons. The van der Waals surface area contributed by atoms with E-state index >= 15 is 0 Å². The Morgan fingerprint density at radius 2 is 1.76 bits per heavy atom. The molecule has 1 amide bonds. The second kappa shape index (κ2) is 9.75. The van der Waals surface area contributed by atoms with Gasteiger partial charge in [-0.25, -0.2) is 22.8 Å². The van der Waals surface area contributed by atoms with Gasteiger partial charge in [0.05, 0.1) is 10.6 Å². The van der Waals surface area contributed by atoms with Crippen molar-refractivity contribution in [3.63, 3.8) is 0 Å². The van der Waals surface area contributed by atoms with Crippen molar-refractivity contribution >= 4 is 21.7 Å². The fraction of sp³-hybridized carbons (Fsp3) is 0.542. The molecule has 1 atom stereocenters. The van der Waals surface area contributed by atoms with Crippen LogP contribution in [0.15, 0.2) is 35.5 Å². The number of piperidine rings is 1. The van der Waals surface area contributed by atoms with Crippen molar-refractivity contribution < 1.29 is 17.6 Å². The maximum Gasteiger partial charge on any atom is 0.226 e. The van der Waals surface area contributed by atoms with Crippen LogP contribution in [0, 0.1) is 11.7 Å². The Balaban J connectivity index is 1.35. The Morgan fingerprint density at radius 3 is 2.36 bits per heavy atom. The molecule has 1 aromatic heterocycles. The molecule has 3 heterocycles. The van der Waals surface area contributed by atoms with Gasteiger partial charge < -0.3 is 9.80 Å². The summed E-state index contributed by atoms with van der Waals surface area (Å²) in [6, 6.07) is 4.21. The summed E-state index contributed by atoms with van der Waals surface area (Å²) in [5.41, 5.74) is 1.51. The van der Waals surface area contributed by atoms with Crippen LogP contribution < -0.4 is 4.90 Å². The van der Waals surface area contributed by atoms with Crippen molar-refractivity contribution in [1.82, 2.24) is 14.9 Å². The van der Waals surface area contributed by atoms with E-state index in [1.807, 2.05) is 17.3 Å². The summed E-state index contributed by atoms with van der Waals surface area (Å²) in [7, 11) is -3.46. The number of nitrogens with zero attached hydrogens (tertiary/aromatic N) is 4. The molecule has 1 aromatic carbocycles. The van der Waals surface area contributed by atoms with Crippen LogP contribution in [0.4, 0.5) is 10.3 Å². The number of anilines is 1. The highest BCUT2D eigenvalue weighted by Crippen LogP contribution is 2.30. The highest BCUT2D eigenvalue weighted by molar-refractivity contribution is 7.91. The van der Waals surface area contributed by atoms with Crippen molar-refractivity contribution in [3.05, 3.63) is 47.5 Å². The van der Waals surface area contributed by atoms with E-state index in [1.165, 1.54) is 19.1 Å². The molecule has 33 heavy (non-hydrogen) atoms. The fourth-order valence-electron chi connectivity index (χ4n) is 4.71. The van der Waals surface area contributed by atoms with Crippen LogP contribution >= 0.6 is 0 Å². The first kappa shape index (κ1) is 23.6. The van der Waals surface area contributed by atoms with Crippen LogP contribution in [0.2, 0.25) is 0 Å². The predicted octanol–water partition coefficient (Wildman–Crippen LogP) is 3.03. The number of aryl methyl sites for hydroxylation is 1. The normalized spacial score (nSPS) is 20.0. The number of amides is 1. The lowest BCUT2D eigenvalue weighted by molar-refractivity contribution is -0.133. The average Bonchev–Trinajstić information content (AvgIpc) is 3.20. The lowest BCUT2D eigenvalue weighted by Gasteiger charge is -2.36. The monoisotopic (exact) mass is 474 g/mol. The van der Waals surface area contributed by atoms with Gasteiger partial charge in [0.2, 0.25) is 11.9 Å². The quantitative estimate of drug-likeness (QED) is 0.613. The minimum absolute atomic E-state index is 0.00861. The molecule has 0 bridgehead atoms. The summed E-state index contributed by atoms with van der Waals surface area (Å²) in [4.78, 5) is 26.1. The minimum Gasteiger partial charge on any atom is -0.341 e. The summed E-state index contributed by atoms with van der Waals surface area (Å²) in [6.07, 6.45) is 7.34. The molecule has 2 fully saturated rings. The molecular formula is C24H31FN4O3S. The number of likely N-dealkylation sites (tertiary alicyclic amines) is 1. The van der Waals surface area contributed by atoms with Gasteiger partial charge in [-0.05, 0) is 55.4 Å². The van der Waals surface area contributed by atoms with Gasteiger partial charge in [-0.1, -0.05) is 19.9 Å². The Hall–Kier alpha value is -2.55. The van der Waals surface area contributed by atoms with Crippen LogP contribution in [0.25, 0.3) is 0 Å². The van der Waals surface area contributed by atoms with Crippen molar-refractivity contribution in [3.8, 4) is 0 Å². The average molecular weight is 475 g/mol. The SMILES string of the molecule is CCc1cnc(N2CCC(N3CC[C@H](Cc4ccc(S(=O)(=O)CC)cc4F)C3=O)CC2)nc1. The van der Waals surface area contributed by atoms with Gasteiger partial charge in [-0.15, -0.1) is 0 Å². The molecule has 2 aliphatic rings. The molecule has 0 N–H and O–H groups in total. The number of rotatable bonds is 7. The van der Waals surface area contributed by atoms with Gasteiger partial charge in [-0.3, -0.25) is 4.79 Å². The summed E-state index contributed by atoms with van der Waals surface area (Å²) in [5.74, 6) is -0.0900. The summed E-state index contributed by atoms with van der Waals surface area (Å²) in [5, 5.41) is 0. The lowest BCUT2D eigenvalue weighted by Crippen LogP contribution is -2.46. The third-order valence-corrected chi connectivity index (χ3v) is 8.60. The van der Waals surface area contributed by atoms with Crippen molar-refractivity contribution in [2.24, 2.45) is 5.92 Å². The number of hydrogen-bond donors (Lipinski definition) is 0. The number of benzene rings is 1. The predicted molar refractivity (Wildman–Crippen MR) is 124 cm³/mol.